The van der Waals surface area contributed by atoms with Crippen LogP contribution >= 0.6 is 0 Å². The fourth-order valence-corrected chi connectivity index (χ4v) is 1.70. The van der Waals surface area contributed by atoms with Gasteiger partial charge in [0.05, 0.1) is 12.8 Å². The van der Waals surface area contributed by atoms with E-state index in [1.54, 1.807) is 24.3 Å². The number of anilines is 1. The molecule has 0 aliphatic rings. The van der Waals surface area contributed by atoms with Crippen molar-refractivity contribution in [2.75, 3.05) is 18.5 Å². The van der Waals surface area contributed by atoms with E-state index in [0.29, 0.717) is 11.4 Å². The van der Waals surface area contributed by atoms with Crippen LogP contribution in [0.3, 0.4) is 0 Å². The highest BCUT2D eigenvalue weighted by molar-refractivity contribution is 7.95. The molecule has 0 aromatic heterocycles. The van der Waals surface area contributed by atoms with Gasteiger partial charge >= 0.3 is 0 Å². The first kappa shape index (κ1) is 11.6. The van der Waals surface area contributed by atoms with Crippen LogP contribution in [0, 0.1) is 0 Å². The van der Waals surface area contributed by atoms with Gasteiger partial charge in [-0.25, -0.2) is 8.42 Å². The summed E-state index contributed by atoms with van der Waals surface area (Å²) in [6.07, 6.45) is 0. The van der Waals surface area contributed by atoms with Gasteiger partial charge in [0, 0.05) is 18.5 Å². The van der Waals surface area contributed by atoms with E-state index in [1.807, 2.05) is 0 Å². The van der Waals surface area contributed by atoms with Crippen LogP contribution in [0.25, 0.3) is 0 Å². The van der Waals surface area contributed by atoms with Crippen molar-refractivity contribution in [1.29, 1.82) is 0 Å². The van der Waals surface area contributed by atoms with Gasteiger partial charge in [-0.2, -0.15) is 0 Å². The molecule has 0 spiro atoms. The van der Waals surface area contributed by atoms with Crippen LogP contribution in [-0.4, -0.2) is 22.6 Å². The molecule has 0 heterocycles. The SMILES string of the molecule is C=CS(=O)(=O)N(C)c1cccc(OC)c1. The van der Waals surface area contributed by atoms with Gasteiger partial charge in [0.15, 0.2) is 0 Å². The number of rotatable bonds is 4. The molecular formula is C10H13NO3S. The monoisotopic (exact) mass is 227 g/mol. The standard InChI is InChI=1S/C10H13NO3S/c1-4-15(12,13)11(2)9-6-5-7-10(8-9)14-3/h4-8H,1H2,2-3H3. The summed E-state index contributed by atoms with van der Waals surface area (Å²) in [6.45, 7) is 3.26. The van der Waals surface area contributed by atoms with Gasteiger partial charge in [-0.05, 0) is 12.1 Å². The van der Waals surface area contributed by atoms with Crippen molar-refractivity contribution in [3.8, 4) is 5.75 Å². The predicted molar refractivity (Wildman–Crippen MR) is 60.5 cm³/mol. The Balaban J connectivity index is 3.11. The highest BCUT2D eigenvalue weighted by Gasteiger charge is 2.13. The molecule has 1 aromatic rings. The first-order chi connectivity index (χ1) is 7.01. The van der Waals surface area contributed by atoms with Gasteiger partial charge in [0.1, 0.15) is 5.75 Å². The van der Waals surface area contributed by atoms with Crippen molar-refractivity contribution in [2.24, 2.45) is 0 Å². The van der Waals surface area contributed by atoms with E-state index >= 15 is 0 Å². The van der Waals surface area contributed by atoms with Crippen LogP contribution in [0.5, 0.6) is 5.75 Å². The van der Waals surface area contributed by atoms with E-state index in [-0.39, 0.29) is 0 Å². The van der Waals surface area contributed by atoms with E-state index in [4.69, 9.17) is 4.74 Å². The molecule has 0 saturated heterocycles. The lowest BCUT2D eigenvalue weighted by atomic mass is 10.3. The van der Waals surface area contributed by atoms with Crippen LogP contribution in [0.1, 0.15) is 0 Å². The zero-order valence-electron chi connectivity index (χ0n) is 8.67. The van der Waals surface area contributed by atoms with Crippen molar-refractivity contribution in [2.45, 2.75) is 0 Å². The maximum atomic E-state index is 11.5. The lowest BCUT2D eigenvalue weighted by molar-refractivity contribution is 0.415. The van der Waals surface area contributed by atoms with Gasteiger partial charge in [0.25, 0.3) is 10.0 Å². The average Bonchev–Trinajstić information content (AvgIpc) is 2.28. The van der Waals surface area contributed by atoms with Crippen molar-refractivity contribution in [3.63, 3.8) is 0 Å². The predicted octanol–water partition coefficient (Wildman–Crippen LogP) is 1.60. The van der Waals surface area contributed by atoms with Gasteiger partial charge in [0.2, 0.25) is 0 Å². The molecule has 0 bridgehead atoms. The summed E-state index contributed by atoms with van der Waals surface area (Å²) in [5.74, 6) is 0.610. The molecule has 0 N–H and O–H groups in total. The Morgan fingerprint density at radius 1 is 1.47 bits per heavy atom. The fourth-order valence-electron chi connectivity index (χ4n) is 1.07. The van der Waals surface area contributed by atoms with Crippen molar-refractivity contribution in [1.82, 2.24) is 0 Å². The Morgan fingerprint density at radius 2 is 2.13 bits per heavy atom. The van der Waals surface area contributed by atoms with E-state index in [2.05, 4.69) is 6.58 Å². The second-order valence-electron chi connectivity index (χ2n) is 2.88. The number of methoxy groups -OCH3 is 1. The first-order valence-electron chi connectivity index (χ1n) is 4.26. The van der Waals surface area contributed by atoms with E-state index in [0.717, 1.165) is 9.71 Å². The maximum absolute atomic E-state index is 11.5. The third kappa shape index (κ3) is 2.50. The number of nitrogens with zero attached hydrogens (tertiary/aromatic N) is 1. The molecule has 4 nitrogen and oxygen atoms in total. The van der Waals surface area contributed by atoms with E-state index in [9.17, 15) is 8.42 Å². The molecule has 15 heavy (non-hydrogen) atoms. The van der Waals surface area contributed by atoms with E-state index in [1.165, 1.54) is 14.2 Å². The summed E-state index contributed by atoms with van der Waals surface area (Å²) in [5.41, 5.74) is 0.536. The summed E-state index contributed by atoms with van der Waals surface area (Å²) in [5, 5.41) is 0.909. The lowest BCUT2D eigenvalue weighted by Gasteiger charge is -2.17. The van der Waals surface area contributed by atoms with Crippen LogP contribution in [-0.2, 0) is 10.0 Å². The van der Waals surface area contributed by atoms with Gasteiger partial charge in [-0.3, -0.25) is 4.31 Å². The third-order valence-electron chi connectivity index (χ3n) is 2.01. The summed E-state index contributed by atoms with van der Waals surface area (Å²) in [7, 11) is -0.442. The second-order valence-corrected chi connectivity index (χ2v) is 4.79. The van der Waals surface area contributed by atoms with Crippen LogP contribution < -0.4 is 9.04 Å². The highest BCUT2D eigenvalue weighted by atomic mass is 32.2. The summed E-state index contributed by atoms with van der Waals surface area (Å²) >= 11 is 0. The molecule has 0 aliphatic heterocycles. The Labute approximate surface area is 89.8 Å². The number of benzene rings is 1. The normalized spacial score (nSPS) is 10.8. The maximum Gasteiger partial charge on any atom is 0.256 e. The Kier molecular flexibility index (Phi) is 3.36. The minimum absolute atomic E-state index is 0.536. The second kappa shape index (κ2) is 4.35. The Hall–Kier alpha value is -1.49. The Bertz CT molecular complexity index is 453. The van der Waals surface area contributed by atoms with Crippen molar-refractivity contribution < 1.29 is 13.2 Å². The molecule has 1 rings (SSSR count). The molecule has 0 atom stereocenters. The zero-order valence-corrected chi connectivity index (χ0v) is 9.49. The largest absolute Gasteiger partial charge is 0.497 e. The summed E-state index contributed by atoms with van der Waals surface area (Å²) < 4.78 is 29.1. The van der Waals surface area contributed by atoms with Crippen molar-refractivity contribution >= 4 is 15.7 Å². The number of hydrogen-bond donors (Lipinski definition) is 0. The molecular weight excluding hydrogens is 214 g/mol. The quantitative estimate of drug-likeness (QED) is 0.785. The topological polar surface area (TPSA) is 46.6 Å². The number of hydrogen-bond acceptors (Lipinski definition) is 3. The van der Waals surface area contributed by atoms with Crippen LogP contribution in [0.15, 0.2) is 36.3 Å². The first-order valence-corrected chi connectivity index (χ1v) is 5.77. The lowest BCUT2D eigenvalue weighted by Crippen LogP contribution is -2.23. The zero-order chi connectivity index (χ0) is 11.5. The van der Waals surface area contributed by atoms with Gasteiger partial charge < -0.3 is 4.74 Å². The molecule has 0 fully saturated rings. The summed E-state index contributed by atoms with van der Waals surface area (Å²) in [4.78, 5) is 0. The van der Waals surface area contributed by atoms with Gasteiger partial charge in [-0.1, -0.05) is 12.6 Å². The van der Waals surface area contributed by atoms with Crippen LogP contribution in [0.2, 0.25) is 0 Å². The molecule has 82 valence electrons. The molecule has 0 unspecified atom stereocenters. The molecule has 0 saturated carbocycles. The summed E-state index contributed by atoms with van der Waals surface area (Å²) in [6, 6.07) is 6.80. The molecule has 0 amide bonds. The molecule has 0 aliphatic carbocycles. The minimum atomic E-state index is -3.43. The molecule has 0 radical (unpaired) electrons. The molecule has 1 aromatic carbocycles. The smallest absolute Gasteiger partial charge is 0.256 e. The highest BCUT2D eigenvalue weighted by Crippen LogP contribution is 2.22. The fraction of sp³-hybridized carbons (Fsp3) is 0.200. The number of sulfonamides is 1. The number of ether oxygens (including phenoxy) is 1. The van der Waals surface area contributed by atoms with Gasteiger partial charge in [-0.15, -0.1) is 0 Å². The average molecular weight is 227 g/mol. The van der Waals surface area contributed by atoms with E-state index < -0.39 is 10.0 Å². The Morgan fingerprint density at radius 3 is 2.67 bits per heavy atom. The minimum Gasteiger partial charge on any atom is -0.497 e. The van der Waals surface area contributed by atoms with Crippen LogP contribution in [0.4, 0.5) is 5.69 Å². The third-order valence-corrected chi connectivity index (χ3v) is 3.40. The van der Waals surface area contributed by atoms with Crippen molar-refractivity contribution in [3.05, 3.63) is 36.3 Å². The molecule has 5 heteroatoms.